The summed E-state index contributed by atoms with van der Waals surface area (Å²) >= 11 is 0. The molecule has 1 fully saturated rings. The molecule has 0 amide bonds. The molecule has 1 saturated heterocycles. The van der Waals surface area contributed by atoms with Crippen LogP contribution in [0, 0.1) is 12.7 Å². The van der Waals surface area contributed by atoms with Crippen molar-refractivity contribution in [2.75, 3.05) is 26.2 Å². The Morgan fingerprint density at radius 1 is 1.26 bits per heavy atom. The number of hydrogen-bond acceptors (Lipinski definition) is 3. The molecule has 110 valence electrons. The zero-order valence-electron chi connectivity index (χ0n) is 11.1. The minimum Gasteiger partial charge on any atom is -0.505 e. The van der Waals surface area contributed by atoms with E-state index in [0.29, 0.717) is 5.56 Å². The Balaban J connectivity index is 0.00000162. The molecule has 2 N–H and O–H groups in total. The number of halogens is 3. The lowest BCUT2D eigenvalue weighted by molar-refractivity contribution is 0.182. The molecule has 2 rings (SSSR count). The third kappa shape index (κ3) is 4.21. The van der Waals surface area contributed by atoms with Crippen molar-refractivity contribution in [3.05, 3.63) is 29.1 Å². The fourth-order valence-corrected chi connectivity index (χ4v) is 2.35. The molecule has 1 heterocycles. The Labute approximate surface area is 126 Å². The zero-order valence-corrected chi connectivity index (χ0v) is 12.8. The van der Waals surface area contributed by atoms with Crippen LogP contribution in [0.15, 0.2) is 12.1 Å². The van der Waals surface area contributed by atoms with Crippen LogP contribution in [0.3, 0.4) is 0 Å². The second-order valence-corrected chi connectivity index (χ2v) is 4.65. The number of piperazine rings is 1. The zero-order chi connectivity index (χ0) is 12.4. The Kier molecular flexibility index (Phi) is 7.67. The number of phenols is 1. The van der Waals surface area contributed by atoms with E-state index in [2.05, 4.69) is 10.2 Å². The second-order valence-electron chi connectivity index (χ2n) is 4.65. The molecular weight excluding hydrogens is 290 g/mol. The SMILES string of the molecule is Cc1cc(F)c(O)c([C@@H](C)N2CCNCC2)c1.Cl.Cl. The molecule has 1 aliphatic heterocycles. The first-order chi connectivity index (χ1) is 8.09. The average Bonchev–Trinajstić information content (AvgIpc) is 2.34. The van der Waals surface area contributed by atoms with Gasteiger partial charge < -0.3 is 10.4 Å². The fraction of sp³-hybridized carbons (Fsp3) is 0.538. The summed E-state index contributed by atoms with van der Waals surface area (Å²) in [5.74, 6) is -0.733. The van der Waals surface area contributed by atoms with Crippen LogP contribution >= 0.6 is 24.8 Å². The Morgan fingerprint density at radius 2 is 1.84 bits per heavy atom. The van der Waals surface area contributed by atoms with Crippen molar-refractivity contribution in [1.29, 1.82) is 0 Å². The molecule has 3 nitrogen and oxygen atoms in total. The van der Waals surface area contributed by atoms with Gasteiger partial charge in [-0.1, -0.05) is 6.07 Å². The molecule has 1 atom stereocenters. The number of rotatable bonds is 2. The number of aromatic hydroxyl groups is 1. The second kappa shape index (κ2) is 7.90. The van der Waals surface area contributed by atoms with E-state index in [9.17, 15) is 9.50 Å². The minimum absolute atomic E-state index is 0. The fourth-order valence-electron chi connectivity index (χ4n) is 2.35. The van der Waals surface area contributed by atoms with Gasteiger partial charge in [-0.2, -0.15) is 0 Å². The summed E-state index contributed by atoms with van der Waals surface area (Å²) in [6.45, 7) is 7.60. The Morgan fingerprint density at radius 3 is 2.42 bits per heavy atom. The molecule has 19 heavy (non-hydrogen) atoms. The summed E-state index contributed by atoms with van der Waals surface area (Å²) in [6.07, 6.45) is 0. The lowest BCUT2D eigenvalue weighted by Crippen LogP contribution is -2.44. The van der Waals surface area contributed by atoms with Crippen LogP contribution in [0.1, 0.15) is 24.1 Å². The summed E-state index contributed by atoms with van der Waals surface area (Å²) in [5, 5.41) is 13.1. The molecule has 0 bridgehead atoms. The molecule has 0 aromatic heterocycles. The molecule has 1 aromatic rings. The van der Waals surface area contributed by atoms with Gasteiger partial charge in [0.1, 0.15) is 0 Å². The van der Waals surface area contributed by atoms with E-state index in [1.807, 2.05) is 19.9 Å². The number of aryl methyl sites for hydroxylation is 1. The molecule has 1 aliphatic rings. The summed E-state index contributed by atoms with van der Waals surface area (Å²) in [7, 11) is 0. The molecule has 1 aromatic carbocycles. The van der Waals surface area contributed by atoms with Gasteiger partial charge in [0.15, 0.2) is 11.6 Å². The van der Waals surface area contributed by atoms with Gasteiger partial charge in [0.2, 0.25) is 0 Å². The van der Waals surface area contributed by atoms with Crippen molar-refractivity contribution in [2.45, 2.75) is 19.9 Å². The van der Waals surface area contributed by atoms with Gasteiger partial charge in [-0.3, -0.25) is 4.90 Å². The maximum absolute atomic E-state index is 13.5. The van der Waals surface area contributed by atoms with Crippen molar-refractivity contribution in [3.63, 3.8) is 0 Å². The number of hydrogen-bond donors (Lipinski definition) is 2. The highest BCUT2D eigenvalue weighted by molar-refractivity contribution is 5.85. The number of nitrogens with zero attached hydrogens (tertiary/aromatic N) is 1. The first-order valence-corrected chi connectivity index (χ1v) is 6.03. The van der Waals surface area contributed by atoms with Gasteiger partial charge in [0, 0.05) is 37.8 Å². The Hall–Kier alpha value is -0.550. The van der Waals surface area contributed by atoms with Crippen LogP contribution < -0.4 is 5.32 Å². The van der Waals surface area contributed by atoms with Crippen LogP contribution in [-0.4, -0.2) is 36.2 Å². The van der Waals surface area contributed by atoms with E-state index >= 15 is 0 Å². The van der Waals surface area contributed by atoms with Gasteiger partial charge in [-0.15, -0.1) is 24.8 Å². The summed E-state index contributed by atoms with van der Waals surface area (Å²) < 4.78 is 13.5. The summed E-state index contributed by atoms with van der Waals surface area (Å²) in [4.78, 5) is 2.25. The van der Waals surface area contributed by atoms with Gasteiger partial charge in [0.25, 0.3) is 0 Å². The van der Waals surface area contributed by atoms with Crippen LogP contribution in [0.4, 0.5) is 4.39 Å². The average molecular weight is 311 g/mol. The van der Waals surface area contributed by atoms with E-state index in [1.165, 1.54) is 6.07 Å². The van der Waals surface area contributed by atoms with E-state index in [0.717, 1.165) is 31.7 Å². The van der Waals surface area contributed by atoms with Gasteiger partial charge in [-0.25, -0.2) is 4.39 Å². The predicted molar refractivity (Wildman–Crippen MR) is 80.2 cm³/mol. The van der Waals surface area contributed by atoms with Crippen molar-refractivity contribution in [3.8, 4) is 5.75 Å². The van der Waals surface area contributed by atoms with Gasteiger partial charge in [-0.05, 0) is 25.5 Å². The molecule has 0 radical (unpaired) electrons. The van der Waals surface area contributed by atoms with Crippen LogP contribution in [-0.2, 0) is 0 Å². The summed E-state index contributed by atoms with van der Waals surface area (Å²) in [5.41, 5.74) is 1.53. The lowest BCUT2D eigenvalue weighted by atomic mass is 10.0. The molecule has 0 saturated carbocycles. The number of nitrogens with one attached hydrogen (secondary N) is 1. The standard InChI is InChI=1S/C13H19FN2O.2ClH/c1-9-7-11(13(17)12(14)8-9)10(2)16-5-3-15-4-6-16;;/h7-8,10,15,17H,3-6H2,1-2H3;2*1H/t10-;;/m1../s1. The van der Waals surface area contributed by atoms with Crippen molar-refractivity contribution < 1.29 is 9.50 Å². The lowest BCUT2D eigenvalue weighted by Gasteiger charge is -2.33. The number of benzene rings is 1. The number of phenolic OH excluding ortho intramolecular Hbond substituents is 1. The van der Waals surface area contributed by atoms with E-state index in [4.69, 9.17) is 0 Å². The van der Waals surface area contributed by atoms with E-state index in [-0.39, 0.29) is 36.6 Å². The maximum atomic E-state index is 13.5. The largest absolute Gasteiger partial charge is 0.505 e. The highest BCUT2D eigenvalue weighted by Gasteiger charge is 2.22. The quantitative estimate of drug-likeness (QED) is 0.881. The first kappa shape index (κ1) is 18.4. The minimum atomic E-state index is -0.526. The van der Waals surface area contributed by atoms with Crippen LogP contribution in [0.25, 0.3) is 0 Å². The molecular formula is C13H21Cl2FN2O. The Bertz CT molecular complexity index is 412. The molecule has 0 unspecified atom stereocenters. The van der Waals surface area contributed by atoms with Gasteiger partial charge >= 0.3 is 0 Å². The third-order valence-corrected chi connectivity index (χ3v) is 3.39. The molecule has 0 spiro atoms. The van der Waals surface area contributed by atoms with Crippen LogP contribution in [0.2, 0.25) is 0 Å². The smallest absolute Gasteiger partial charge is 0.165 e. The molecule has 6 heteroatoms. The highest BCUT2D eigenvalue weighted by Crippen LogP contribution is 2.31. The predicted octanol–water partition coefficient (Wildman–Crippen LogP) is 2.65. The van der Waals surface area contributed by atoms with Crippen molar-refractivity contribution in [1.82, 2.24) is 10.2 Å². The highest BCUT2D eigenvalue weighted by atomic mass is 35.5. The third-order valence-electron chi connectivity index (χ3n) is 3.39. The van der Waals surface area contributed by atoms with E-state index in [1.54, 1.807) is 0 Å². The monoisotopic (exact) mass is 310 g/mol. The van der Waals surface area contributed by atoms with Crippen molar-refractivity contribution in [2.24, 2.45) is 0 Å². The van der Waals surface area contributed by atoms with Crippen molar-refractivity contribution >= 4 is 24.8 Å². The molecule has 0 aliphatic carbocycles. The first-order valence-electron chi connectivity index (χ1n) is 6.03. The van der Waals surface area contributed by atoms with Gasteiger partial charge in [0.05, 0.1) is 0 Å². The van der Waals surface area contributed by atoms with Crippen LogP contribution in [0.5, 0.6) is 5.75 Å². The normalized spacial score (nSPS) is 17.2. The van der Waals surface area contributed by atoms with E-state index < -0.39 is 5.82 Å². The topological polar surface area (TPSA) is 35.5 Å². The maximum Gasteiger partial charge on any atom is 0.165 e. The summed E-state index contributed by atoms with van der Waals surface area (Å²) in [6, 6.07) is 3.28.